The molecule has 88 valence electrons. The van der Waals surface area contributed by atoms with Gasteiger partial charge in [0.15, 0.2) is 16.1 Å². The van der Waals surface area contributed by atoms with Crippen LogP contribution < -0.4 is 0 Å². The van der Waals surface area contributed by atoms with E-state index in [0.717, 1.165) is 0 Å². The van der Waals surface area contributed by atoms with E-state index in [1.54, 1.807) is 6.92 Å². The molecule has 0 amide bonds. The standard InChI is InChI=1S/C9H11ClN2O3S/c1-6-8(4-13)9(10)12(11-6)7-2-3-16(14,15)5-7/h4,7H,2-3,5H2,1H3. The lowest BCUT2D eigenvalue weighted by Gasteiger charge is -2.09. The lowest BCUT2D eigenvalue weighted by atomic mass is 10.2. The van der Waals surface area contributed by atoms with Gasteiger partial charge in [-0.2, -0.15) is 5.10 Å². The lowest BCUT2D eigenvalue weighted by molar-refractivity contribution is 0.112. The van der Waals surface area contributed by atoms with Gasteiger partial charge in [0.2, 0.25) is 0 Å². The largest absolute Gasteiger partial charge is 0.298 e. The van der Waals surface area contributed by atoms with Gasteiger partial charge in [-0.05, 0) is 13.3 Å². The predicted octanol–water partition coefficient (Wildman–Crippen LogP) is 1.02. The number of hydrogen-bond acceptors (Lipinski definition) is 4. The molecule has 1 atom stereocenters. The summed E-state index contributed by atoms with van der Waals surface area (Å²) in [6.07, 6.45) is 1.14. The average molecular weight is 263 g/mol. The van der Waals surface area contributed by atoms with E-state index >= 15 is 0 Å². The van der Waals surface area contributed by atoms with E-state index in [1.807, 2.05) is 0 Å². The van der Waals surface area contributed by atoms with E-state index in [9.17, 15) is 13.2 Å². The maximum atomic E-state index is 11.3. The van der Waals surface area contributed by atoms with Crippen LogP contribution in [-0.2, 0) is 9.84 Å². The molecule has 1 aromatic heterocycles. The minimum atomic E-state index is -2.98. The van der Waals surface area contributed by atoms with E-state index in [-0.39, 0.29) is 22.7 Å². The molecule has 0 spiro atoms. The van der Waals surface area contributed by atoms with Gasteiger partial charge >= 0.3 is 0 Å². The number of halogens is 1. The molecule has 1 unspecified atom stereocenters. The molecule has 1 aliphatic rings. The first kappa shape index (κ1) is 11.6. The van der Waals surface area contributed by atoms with Gasteiger partial charge in [0, 0.05) is 0 Å². The van der Waals surface area contributed by atoms with E-state index in [0.29, 0.717) is 24.0 Å². The van der Waals surface area contributed by atoms with Crippen LogP contribution in [0.3, 0.4) is 0 Å². The van der Waals surface area contributed by atoms with Crippen LogP contribution in [0.4, 0.5) is 0 Å². The molecule has 0 saturated carbocycles. The fourth-order valence-corrected chi connectivity index (χ4v) is 3.93. The minimum Gasteiger partial charge on any atom is -0.298 e. The number of aromatic nitrogens is 2. The van der Waals surface area contributed by atoms with Crippen LogP contribution in [0.15, 0.2) is 0 Å². The highest BCUT2D eigenvalue weighted by atomic mass is 35.5. The minimum absolute atomic E-state index is 0.0478. The fourth-order valence-electron chi connectivity index (χ4n) is 1.88. The Bertz CT molecular complexity index is 535. The number of nitrogens with zero attached hydrogens (tertiary/aromatic N) is 2. The third-order valence-electron chi connectivity index (χ3n) is 2.74. The summed E-state index contributed by atoms with van der Waals surface area (Å²) in [5.41, 5.74) is 0.871. The normalized spacial score (nSPS) is 23.5. The highest BCUT2D eigenvalue weighted by molar-refractivity contribution is 7.91. The molecule has 1 aliphatic heterocycles. The fraction of sp³-hybridized carbons (Fsp3) is 0.556. The second-order valence-electron chi connectivity index (χ2n) is 3.91. The van der Waals surface area contributed by atoms with Crippen molar-refractivity contribution in [3.63, 3.8) is 0 Å². The predicted molar refractivity (Wildman–Crippen MR) is 59.7 cm³/mol. The van der Waals surface area contributed by atoms with Crippen molar-refractivity contribution in [3.8, 4) is 0 Å². The number of carbonyl (C=O) groups excluding carboxylic acids is 1. The van der Waals surface area contributed by atoms with Crippen LogP contribution in [-0.4, -0.2) is 36.0 Å². The first-order valence-electron chi connectivity index (χ1n) is 4.85. The summed E-state index contributed by atoms with van der Waals surface area (Å²) < 4.78 is 24.1. The van der Waals surface area contributed by atoms with Gasteiger partial charge in [-0.15, -0.1) is 0 Å². The van der Waals surface area contributed by atoms with Gasteiger partial charge in [-0.3, -0.25) is 4.79 Å². The maximum absolute atomic E-state index is 11.3. The molecule has 2 rings (SSSR count). The summed E-state index contributed by atoms with van der Waals surface area (Å²) in [6, 6.07) is -0.245. The zero-order valence-corrected chi connectivity index (χ0v) is 10.3. The first-order valence-corrected chi connectivity index (χ1v) is 7.05. The molecule has 1 saturated heterocycles. The monoisotopic (exact) mass is 262 g/mol. The van der Waals surface area contributed by atoms with Gasteiger partial charge in [0.05, 0.1) is 28.8 Å². The van der Waals surface area contributed by atoms with Crippen molar-refractivity contribution in [2.75, 3.05) is 11.5 Å². The van der Waals surface area contributed by atoms with Crippen molar-refractivity contribution in [1.82, 2.24) is 9.78 Å². The zero-order valence-electron chi connectivity index (χ0n) is 8.68. The molecule has 16 heavy (non-hydrogen) atoms. The highest BCUT2D eigenvalue weighted by Gasteiger charge is 2.31. The average Bonchev–Trinajstić information content (AvgIpc) is 2.68. The molecule has 0 bridgehead atoms. The van der Waals surface area contributed by atoms with Crippen molar-refractivity contribution >= 4 is 27.7 Å². The lowest BCUT2D eigenvalue weighted by Crippen LogP contribution is -2.12. The second-order valence-corrected chi connectivity index (χ2v) is 6.50. The maximum Gasteiger partial charge on any atom is 0.155 e. The molecular formula is C9H11ClN2O3S. The molecule has 0 N–H and O–H groups in total. The van der Waals surface area contributed by atoms with E-state index in [2.05, 4.69) is 5.10 Å². The van der Waals surface area contributed by atoms with Crippen molar-refractivity contribution < 1.29 is 13.2 Å². The molecule has 0 radical (unpaired) electrons. The van der Waals surface area contributed by atoms with Crippen molar-refractivity contribution in [1.29, 1.82) is 0 Å². The van der Waals surface area contributed by atoms with Crippen molar-refractivity contribution in [2.45, 2.75) is 19.4 Å². The van der Waals surface area contributed by atoms with E-state index in [4.69, 9.17) is 11.6 Å². The highest BCUT2D eigenvalue weighted by Crippen LogP contribution is 2.28. The van der Waals surface area contributed by atoms with E-state index in [1.165, 1.54) is 4.68 Å². The zero-order chi connectivity index (χ0) is 11.9. The first-order chi connectivity index (χ1) is 7.44. The van der Waals surface area contributed by atoms with Crippen molar-refractivity contribution in [2.24, 2.45) is 0 Å². The summed E-state index contributed by atoms with van der Waals surface area (Å²) in [6.45, 7) is 1.68. The third kappa shape index (κ3) is 1.87. The summed E-state index contributed by atoms with van der Waals surface area (Å²) >= 11 is 5.98. The molecule has 5 nitrogen and oxygen atoms in total. The Balaban J connectivity index is 2.39. The Hall–Kier alpha value is -0.880. The summed E-state index contributed by atoms with van der Waals surface area (Å²) in [5, 5.41) is 4.35. The molecule has 1 aromatic rings. The van der Waals surface area contributed by atoms with Gasteiger partial charge < -0.3 is 0 Å². The molecule has 0 aliphatic carbocycles. The molecule has 2 heterocycles. The number of carbonyl (C=O) groups is 1. The third-order valence-corrected chi connectivity index (χ3v) is 4.87. The Morgan fingerprint density at radius 3 is 2.69 bits per heavy atom. The van der Waals surface area contributed by atoms with Gasteiger partial charge in [0.25, 0.3) is 0 Å². The topological polar surface area (TPSA) is 69.0 Å². The number of hydrogen-bond donors (Lipinski definition) is 0. The van der Waals surface area contributed by atoms with Crippen LogP contribution in [0, 0.1) is 6.92 Å². The number of rotatable bonds is 2. The van der Waals surface area contributed by atoms with Crippen LogP contribution in [0.5, 0.6) is 0 Å². The van der Waals surface area contributed by atoms with Crippen LogP contribution in [0.25, 0.3) is 0 Å². The molecule has 1 fully saturated rings. The Morgan fingerprint density at radius 2 is 2.25 bits per heavy atom. The Kier molecular flexibility index (Phi) is 2.79. The van der Waals surface area contributed by atoms with Gasteiger partial charge in [-0.1, -0.05) is 11.6 Å². The molecular weight excluding hydrogens is 252 g/mol. The summed E-state index contributed by atoms with van der Waals surface area (Å²) in [5.74, 6) is 0.204. The van der Waals surface area contributed by atoms with Gasteiger partial charge in [-0.25, -0.2) is 13.1 Å². The van der Waals surface area contributed by atoms with Crippen LogP contribution >= 0.6 is 11.6 Å². The van der Waals surface area contributed by atoms with Gasteiger partial charge in [0.1, 0.15) is 5.15 Å². The van der Waals surface area contributed by atoms with E-state index < -0.39 is 9.84 Å². The SMILES string of the molecule is Cc1nn(C2CCS(=O)(=O)C2)c(Cl)c1C=O. The summed E-state index contributed by atoms with van der Waals surface area (Å²) in [4.78, 5) is 10.7. The number of aryl methyl sites for hydroxylation is 1. The smallest absolute Gasteiger partial charge is 0.155 e. The molecule has 0 aromatic carbocycles. The second kappa shape index (κ2) is 3.85. The Labute approximate surface area is 98.3 Å². The quantitative estimate of drug-likeness (QED) is 0.746. The van der Waals surface area contributed by atoms with Crippen LogP contribution in [0.2, 0.25) is 5.15 Å². The summed E-state index contributed by atoms with van der Waals surface area (Å²) in [7, 11) is -2.98. The molecule has 7 heteroatoms. The van der Waals surface area contributed by atoms with Crippen molar-refractivity contribution in [3.05, 3.63) is 16.4 Å². The Morgan fingerprint density at radius 1 is 1.56 bits per heavy atom. The number of aldehydes is 1. The number of sulfone groups is 1. The van der Waals surface area contributed by atoms with Crippen LogP contribution in [0.1, 0.15) is 28.5 Å².